The molecule has 1 radical (unpaired) electrons. The summed E-state index contributed by atoms with van der Waals surface area (Å²) < 4.78 is 26.5. The van der Waals surface area contributed by atoms with Crippen LogP contribution in [-0.2, 0) is 4.65 Å². The van der Waals surface area contributed by atoms with Crippen LogP contribution >= 0.6 is 0 Å². The molecule has 0 fully saturated rings. The van der Waals surface area contributed by atoms with Gasteiger partial charge in [0.1, 0.15) is 0 Å². The van der Waals surface area contributed by atoms with E-state index < -0.39 is 17.6 Å². The van der Waals surface area contributed by atoms with E-state index in [1.807, 2.05) is 0 Å². The Labute approximate surface area is 95.5 Å². The van der Waals surface area contributed by atoms with Gasteiger partial charge >= 0.3 is 7.69 Å². The summed E-state index contributed by atoms with van der Waals surface area (Å²) in [5.74, 6) is 0. The largest absolute Gasteiger partial charge is 0.485 e. The summed E-state index contributed by atoms with van der Waals surface area (Å²) in [7, 11) is 0.405. The van der Waals surface area contributed by atoms with Crippen molar-refractivity contribution in [3.8, 4) is 0 Å². The lowest BCUT2D eigenvalue weighted by Gasteiger charge is -2.31. The minimum atomic E-state index is -2.35. The molecule has 4 nitrogen and oxygen atoms in total. The first kappa shape index (κ1) is 18.1. The van der Waals surface area contributed by atoms with Gasteiger partial charge in [0.2, 0.25) is 6.43 Å². The van der Waals surface area contributed by atoms with Gasteiger partial charge in [-0.15, -0.1) is 0 Å². The summed E-state index contributed by atoms with van der Waals surface area (Å²) in [4.78, 5) is 0. The molecule has 0 saturated heterocycles. The Morgan fingerprint density at radius 3 is 1.69 bits per heavy atom. The molecule has 0 unspecified atom stereocenters. The SMILES string of the molecule is CC(C)(O)C(C)(C)O.O[B]OCCC(F)F. The minimum absolute atomic E-state index is 0.131. The van der Waals surface area contributed by atoms with Gasteiger partial charge in [-0.3, -0.25) is 0 Å². The van der Waals surface area contributed by atoms with Crippen LogP contribution in [0, 0.1) is 0 Å². The van der Waals surface area contributed by atoms with Crippen LogP contribution in [0.3, 0.4) is 0 Å². The third-order valence-corrected chi connectivity index (χ3v) is 2.03. The van der Waals surface area contributed by atoms with E-state index in [-0.39, 0.29) is 13.0 Å². The van der Waals surface area contributed by atoms with E-state index in [2.05, 4.69) is 4.65 Å². The van der Waals surface area contributed by atoms with Gasteiger partial charge in [0.25, 0.3) is 0 Å². The van der Waals surface area contributed by atoms with Crippen molar-refractivity contribution >= 4 is 7.69 Å². The summed E-state index contributed by atoms with van der Waals surface area (Å²) >= 11 is 0. The second-order valence-corrected chi connectivity index (χ2v) is 4.27. The van der Waals surface area contributed by atoms with E-state index in [4.69, 9.17) is 15.2 Å². The summed E-state index contributed by atoms with van der Waals surface area (Å²) in [6.07, 6.45) is -2.69. The zero-order valence-electron chi connectivity index (χ0n) is 10.1. The van der Waals surface area contributed by atoms with Gasteiger partial charge in [-0.1, -0.05) is 0 Å². The van der Waals surface area contributed by atoms with Crippen molar-refractivity contribution in [2.75, 3.05) is 6.61 Å². The molecule has 0 aromatic carbocycles. The molecule has 0 spiro atoms. The number of halogens is 2. The molecule has 0 saturated carbocycles. The van der Waals surface area contributed by atoms with Crippen molar-refractivity contribution in [1.82, 2.24) is 0 Å². The van der Waals surface area contributed by atoms with Gasteiger partial charge in [0, 0.05) is 13.0 Å². The maximum atomic E-state index is 11.2. The highest BCUT2D eigenvalue weighted by Crippen LogP contribution is 2.19. The van der Waals surface area contributed by atoms with Crippen LogP contribution in [0.15, 0.2) is 0 Å². The fourth-order valence-electron chi connectivity index (χ4n) is 0.210. The molecule has 0 amide bonds. The van der Waals surface area contributed by atoms with Crippen molar-refractivity contribution in [2.24, 2.45) is 0 Å². The van der Waals surface area contributed by atoms with Crippen LogP contribution in [0.5, 0.6) is 0 Å². The fraction of sp³-hybridized carbons (Fsp3) is 1.00. The van der Waals surface area contributed by atoms with Crippen LogP contribution < -0.4 is 0 Å². The lowest BCUT2D eigenvalue weighted by atomic mass is 9.90. The normalized spacial score (nSPS) is 12.1. The van der Waals surface area contributed by atoms with E-state index in [9.17, 15) is 8.78 Å². The third-order valence-electron chi connectivity index (χ3n) is 2.03. The lowest BCUT2D eigenvalue weighted by Crippen LogP contribution is -2.44. The second kappa shape index (κ2) is 7.94. The maximum absolute atomic E-state index is 11.2. The first-order valence-corrected chi connectivity index (χ1v) is 4.82. The third kappa shape index (κ3) is 11.8. The van der Waals surface area contributed by atoms with Crippen molar-refractivity contribution in [3.05, 3.63) is 0 Å². The first-order valence-electron chi connectivity index (χ1n) is 4.82. The van der Waals surface area contributed by atoms with Gasteiger partial charge < -0.3 is 19.9 Å². The Balaban J connectivity index is 0. The zero-order valence-corrected chi connectivity index (χ0v) is 10.1. The predicted octanol–water partition coefficient (Wildman–Crippen LogP) is 0.713. The average molecular weight is 241 g/mol. The zero-order chi connectivity index (χ0) is 13.4. The Hall–Kier alpha value is -0.235. The second-order valence-electron chi connectivity index (χ2n) is 4.27. The fourth-order valence-corrected chi connectivity index (χ4v) is 0.210. The molecule has 0 aromatic rings. The molecule has 0 aromatic heterocycles. The molecule has 0 aliphatic rings. The molecular weight excluding hydrogens is 221 g/mol. The quantitative estimate of drug-likeness (QED) is 0.489. The molecule has 97 valence electrons. The number of aliphatic hydroxyl groups is 2. The van der Waals surface area contributed by atoms with Crippen LogP contribution in [0.4, 0.5) is 8.78 Å². The monoisotopic (exact) mass is 241 g/mol. The van der Waals surface area contributed by atoms with E-state index in [0.717, 1.165) is 0 Å². The van der Waals surface area contributed by atoms with Gasteiger partial charge in [0.15, 0.2) is 0 Å². The van der Waals surface area contributed by atoms with Crippen LogP contribution in [0.1, 0.15) is 34.1 Å². The Kier molecular flexibility index (Phi) is 9.01. The molecule has 16 heavy (non-hydrogen) atoms. The minimum Gasteiger partial charge on any atom is -0.429 e. The van der Waals surface area contributed by atoms with Crippen molar-refractivity contribution < 1.29 is 28.7 Å². The highest BCUT2D eigenvalue weighted by molar-refractivity contribution is 6.15. The molecule has 3 N–H and O–H groups in total. The summed E-state index contributed by atoms with van der Waals surface area (Å²) in [5.41, 5.74) is -2.01. The maximum Gasteiger partial charge on any atom is 0.485 e. The highest BCUT2D eigenvalue weighted by Gasteiger charge is 2.31. The molecule has 7 heteroatoms. The van der Waals surface area contributed by atoms with Crippen molar-refractivity contribution in [3.63, 3.8) is 0 Å². The molecular formula is C9H20BF2O4. The molecule has 0 rings (SSSR count). The average Bonchev–Trinajstić information content (AvgIpc) is 2.01. The van der Waals surface area contributed by atoms with Crippen LogP contribution in [0.2, 0.25) is 0 Å². The smallest absolute Gasteiger partial charge is 0.429 e. The summed E-state index contributed by atoms with van der Waals surface area (Å²) in [6, 6.07) is 0. The van der Waals surface area contributed by atoms with E-state index in [1.165, 1.54) is 0 Å². The molecule has 0 aliphatic carbocycles. The van der Waals surface area contributed by atoms with Crippen molar-refractivity contribution in [1.29, 1.82) is 0 Å². The Morgan fingerprint density at radius 1 is 1.12 bits per heavy atom. The molecule has 0 aliphatic heterocycles. The predicted molar refractivity (Wildman–Crippen MR) is 57.1 cm³/mol. The number of hydrogen-bond donors (Lipinski definition) is 3. The first-order chi connectivity index (χ1) is 7.02. The van der Waals surface area contributed by atoms with Crippen LogP contribution in [-0.4, -0.2) is 47.2 Å². The van der Waals surface area contributed by atoms with E-state index >= 15 is 0 Å². The van der Waals surface area contributed by atoms with Crippen LogP contribution in [0.25, 0.3) is 0 Å². The van der Waals surface area contributed by atoms with Gasteiger partial charge in [-0.05, 0) is 27.7 Å². The lowest BCUT2D eigenvalue weighted by molar-refractivity contribution is -0.107. The van der Waals surface area contributed by atoms with Crippen molar-refractivity contribution in [2.45, 2.75) is 51.7 Å². The molecule has 0 heterocycles. The van der Waals surface area contributed by atoms with Gasteiger partial charge in [-0.2, -0.15) is 0 Å². The van der Waals surface area contributed by atoms with Gasteiger partial charge in [0.05, 0.1) is 11.2 Å². The number of rotatable bonds is 5. The summed E-state index contributed by atoms with van der Waals surface area (Å²) in [6.45, 7) is 6.17. The highest BCUT2D eigenvalue weighted by atomic mass is 19.3. The topological polar surface area (TPSA) is 69.9 Å². The number of hydrogen-bond acceptors (Lipinski definition) is 4. The van der Waals surface area contributed by atoms with E-state index in [0.29, 0.717) is 7.69 Å². The van der Waals surface area contributed by atoms with E-state index in [1.54, 1.807) is 27.7 Å². The standard InChI is InChI=1S/C6H14O2.C3H6BF2O2/c1-5(2,7)6(3,4)8;5-3(6)1-2-8-4-7/h7-8H,1-4H3;3,7H,1-2H2. The Morgan fingerprint density at radius 2 is 1.50 bits per heavy atom. The Bertz CT molecular complexity index is 154. The summed E-state index contributed by atoms with van der Waals surface area (Å²) in [5, 5.41) is 26.0. The molecule has 0 atom stereocenters. The molecule has 0 bridgehead atoms. The van der Waals surface area contributed by atoms with Gasteiger partial charge in [-0.25, -0.2) is 8.78 Å². The number of alkyl halides is 2.